The van der Waals surface area contributed by atoms with Gasteiger partial charge in [0.2, 0.25) is 0 Å². The third-order valence-corrected chi connectivity index (χ3v) is 3.55. The van der Waals surface area contributed by atoms with E-state index in [4.69, 9.17) is 4.74 Å². The minimum absolute atomic E-state index is 0.165. The molecule has 0 spiro atoms. The molecule has 2 atom stereocenters. The Balaban J connectivity index is 1.64. The van der Waals surface area contributed by atoms with Crippen LogP contribution in [0, 0.1) is 0 Å². The van der Waals surface area contributed by atoms with Crippen molar-refractivity contribution in [2.75, 3.05) is 6.61 Å². The summed E-state index contributed by atoms with van der Waals surface area (Å²) in [4.78, 5) is 0. The van der Waals surface area contributed by atoms with Gasteiger partial charge in [0.15, 0.2) is 0 Å². The van der Waals surface area contributed by atoms with Crippen LogP contribution < -0.4 is 5.32 Å². The molecule has 1 aromatic heterocycles. The monoisotopic (exact) mass is 257 g/mol. The first-order chi connectivity index (χ1) is 9.33. The van der Waals surface area contributed by atoms with Crippen molar-refractivity contribution in [1.29, 1.82) is 0 Å². The maximum atomic E-state index is 5.86. The molecule has 1 N–H and O–H groups in total. The second-order valence-electron chi connectivity index (χ2n) is 5.00. The van der Waals surface area contributed by atoms with E-state index in [2.05, 4.69) is 34.7 Å². The van der Waals surface area contributed by atoms with Crippen LogP contribution in [0.25, 0.3) is 0 Å². The van der Waals surface area contributed by atoms with Gasteiger partial charge in [-0.2, -0.15) is 5.10 Å². The number of nitrogens with zero attached hydrogens (tertiary/aromatic N) is 2. The van der Waals surface area contributed by atoms with Crippen LogP contribution in [0.2, 0.25) is 0 Å². The average molecular weight is 257 g/mol. The number of hydrogen-bond donors (Lipinski definition) is 1. The zero-order valence-electron chi connectivity index (χ0n) is 11.1. The normalized spacial score (nSPS) is 22.8. The summed E-state index contributed by atoms with van der Waals surface area (Å²) in [5.74, 6) is 0. The molecule has 0 aliphatic carbocycles. The average Bonchev–Trinajstić information content (AvgIpc) is 3.06. The van der Waals surface area contributed by atoms with Gasteiger partial charge in [-0.1, -0.05) is 30.3 Å². The standard InChI is InChI=1S/C15H19N3O/c1-18-11-12(10-17-18)9-16-14-7-8-19-15(14)13-5-3-2-4-6-13/h2-6,10-11,14-16H,7-9H2,1H3/t14-,15+/m1/s1. The van der Waals surface area contributed by atoms with Gasteiger partial charge in [0.05, 0.1) is 12.3 Å². The second kappa shape index (κ2) is 5.55. The zero-order valence-corrected chi connectivity index (χ0v) is 11.1. The number of ether oxygens (including phenoxy) is 1. The van der Waals surface area contributed by atoms with E-state index in [0.29, 0.717) is 6.04 Å². The summed E-state index contributed by atoms with van der Waals surface area (Å²) in [5.41, 5.74) is 2.46. The van der Waals surface area contributed by atoms with Gasteiger partial charge in [0, 0.05) is 38.0 Å². The van der Waals surface area contributed by atoms with Crippen LogP contribution in [-0.4, -0.2) is 22.4 Å². The van der Waals surface area contributed by atoms with Crippen LogP contribution in [0.3, 0.4) is 0 Å². The number of rotatable bonds is 4. The molecule has 0 saturated carbocycles. The quantitative estimate of drug-likeness (QED) is 0.911. The first kappa shape index (κ1) is 12.4. The van der Waals surface area contributed by atoms with E-state index in [1.54, 1.807) is 0 Å². The van der Waals surface area contributed by atoms with Gasteiger partial charge in [-0.25, -0.2) is 0 Å². The fraction of sp³-hybridized carbons (Fsp3) is 0.400. The van der Waals surface area contributed by atoms with Crippen molar-refractivity contribution in [3.63, 3.8) is 0 Å². The molecule has 1 aliphatic rings. The number of benzene rings is 1. The van der Waals surface area contributed by atoms with Crippen molar-refractivity contribution >= 4 is 0 Å². The van der Waals surface area contributed by atoms with Crippen molar-refractivity contribution in [3.8, 4) is 0 Å². The lowest BCUT2D eigenvalue weighted by Crippen LogP contribution is -2.31. The molecule has 4 heteroatoms. The summed E-state index contributed by atoms with van der Waals surface area (Å²) >= 11 is 0. The van der Waals surface area contributed by atoms with Gasteiger partial charge >= 0.3 is 0 Å². The van der Waals surface area contributed by atoms with E-state index in [0.717, 1.165) is 19.6 Å². The van der Waals surface area contributed by atoms with Crippen molar-refractivity contribution in [2.45, 2.75) is 25.1 Å². The molecule has 19 heavy (non-hydrogen) atoms. The second-order valence-corrected chi connectivity index (χ2v) is 5.00. The predicted molar refractivity (Wildman–Crippen MR) is 73.6 cm³/mol. The smallest absolute Gasteiger partial charge is 0.0978 e. The highest BCUT2D eigenvalue weighted by atomic mass is 16.5. The van der Waals surface area contributed by atoms with Gasteiger partial charge in [-0.3, -0.25) is 4.68 Å². The molecule has 1 saturated heterocycles. The highest BCUT2D eigenvalue weighted by Gasteiger charge is 2.28. The van der Waals surface area contributed by atoms with Gasteiger partial charge in [-0.15, -0.1) is 0 Å². The van der Waals surface area contributed by atoms with Gasteiger partial charge in [0.1, 0.15) is 0 Å². The summed E-state index contributed by atoms with van der Waals surface area (Å²) in [6.45, 7) is 1.66. The molecule has 2 heterocycles. The third-order valence-electron chi connectivity index (χ3n) is 3.55. The topological polar surface area (TPSA) is 39.1 Å². The number of aromatic nitrogens is 2. The molecule has 0 radical (unpaired) electrons. The Morgan fingerprint density at radius 1 is 1.37 bits per heavy atom. The van der Waals surface area contributed by atoms with E-state index in [9.17, 15) is 0 Å². The van der Waals surface area contributed by atoms with Crippen LogP contribution in [0.15, 0.2) is 42.7 Å². The highest BCUT2D eigenvalue weighted by molar-refractivity contribution is 5.20. The number of nitrogens with one attached hydrogen (secondary N) is 1. The summed E-state index contributed by atoms with van der Waals surface area (Å²) in [6.07, 6.45) is 5.17. The first-order valence-corrected chi connectivity index (χ1v) is 6.70. The maximum Gasteiger partial charge on any atom is 0.0978 e. The SMILES string of the molecule is Cn1cc(CN[C@@H]2CCO[C@H]2c2ccccc2)cn1. The lowest BCUT2D eigenvalue weighted by Gasteiger charge is -2.20. The summed E-state index contributed by atoms with van der Waals surface area (Å²) in [5, 5.41) is 7.77. The third kappa shape index (κ3) is 2.85. The Morgan fingerprint density at radius 3 is 2.95 bits per heavy atom. The van der Waals surface area contributed by atoms with Crippen molar-refractivity contribution in [2.24, 2.45) is 7.05 Å². The Labute approximate surface area is 113 Å². The Kier molecular flexibility index (Phi) is 3.62. The summed E-state index contributed by atoms with van der Waals surface area (Å²) < 4.78 is 7.69. The molecule has 0 unspecified atom stereocenters. The molecule has 1 fully saturated rings. The van der Waals surface area contributed by atoms with Gasteiger partial charge < -0.3 is 10.1 Å². The number of hydrogen-bond acceptors (Lipinski definition) is 3. The van der Waals surface area contributed by atoms with E-state index >= 15 is 0 Å². The van der Waals surface area contributed by atoms with Crippen LogP contribution in [0.1, 0.15) is 23.7 Å². The molecule has 100 valence electrons. The Hall–Kier alpha value is -1.65. The van der Waals surface area contributed by atoms with E-state index in [1.807, 2.05) is 30.2 Å². The van der Waals surface area contributed by atoms with E-state index in [1.165, 1.54) is 11.1 Å². The first-order valence-electron chi connectivity index (χ1n) is 6.70. The summed E-state index contributed by atoms with van der Waals surface area (Å²) in [6, 6.07) is 10.8. The minimum atomic E-state index is 0.165. The number of aryl methyl sites for hydroxylation is 1. The van der Waals surface area contributed by atoms with Crippen LogP contribution >= 0.6 is 0 Å². The molecule has 2 aromatic rings. The molecule has 1 aliphatic heterocycles. The van der Waals surface area contributed by atoms with Crippen LogP contribution in [0.4, 0.5) is 0 Å². The lowest BCUT2D eigenvalue weighted by atomic mass is 10.0. The molecule has 0 amide bonds. The van der Waals surface area contributed by atoms with Crippen molar-refractivity contribution < 1.29 is 4.74 Å². The summed E-state index contributed by atoms with van der Waals surface area (Å²) in [7, 11) is 1.94. The van der Waals surface area contributed by atoms with Crippen molar-refractivity contribution in [1.82, 2.24) is 15.1 Å². The molecular weight excluding hydrogens is 238 g/mol. The van der Waals surface area contributed by atoms with E-state index < -0.39 is 0 Å². The fourth-order valence-electron chi connectivity index (χ4n) is 2.58. The molecular formula is C15H19N3O. The van der Waals surface area contributed by atoms with Crippen LogP contribution in [-0.2, 0) is 18.3 Å². The van der Waals surface area contributed by atoms with Crippen molar-refractivity contribution in [3.05, 3.63) is 53.9 Å². The lowest BCUT2D eigenvalue weighted by molar-refractivity contribution is 0.0985. The largest absolute Gasteiger partial charge is 0.372 e. The zero-order chi connectivity index (χ0) is 13.1. The minimum Gasteiger partial charge on any atom is -0.372 e. The maximum absolute atomic E-state index is 5.86. The molecule has 3 rings (SSSR count). The molecule has 0 bridgehead atoms. The molecule has 4 nitrogen and oxygen atoms in total. The Morgan fingerprint density at radius 2 is 2.21 bits per heavy atom. The fourth-order valence-corrected chi connectivity index (χ4v) is 2.58. The molecule has 1 aromatic carbocycles. The highest BCUT2D eigenvalue weighted by Crippen LogP contribution is 2.29. The van der Waals surface area contributed by atoms with Gasteiger partial charge in [0.25, 0.3) is 0 Å². The van der Waals surface area contributed by atoms with Gasteiger partial charge in [-0.05, 0) is 12.0 Å². The van der Waals surface area contributed by atoms with Crippen LogP contribution in [0.5, 0.6) is 0 Å². The van der Waals surface area contributed by atoms with E-state index in [-0.39, 0.29) is 6.10 Å². The Bertz CT molecular complexity index is 523. The predicted octanol–water partition coefficient (Wildman–Crippen LogP) is 2.04.